The second kappa shape index (κ2) is 5.49. The molecule has 1 N–H and O–H groups in total. The maximum atomic E-state index is 5.57. The Bertz CT molecular complexity index is 540. The quantitative estimate of drug-likeness (QED) is 0.895. The third-order valence-corrected chi connectivity index (χ3v) is 2.78. The van der Waals surface area contributed by atoms with Crippen molar-refractivity contribution < 1.29 is 4.74 Å². The zero-order valence-corrected chi connectivity index (χ0v) is 10.9. The van der Waals surface area contributed by atoms with E-state index >= 15 is 0 Å². The number of nitrogens with zero attached hydrogens (tertiary/aromatic N) is 2. The summed E-state index contributed by atoms with van der Waals surface area (Å²) in [5.41, 5.74) is 2.94. The van der Waals surface area contributed by atoms with Gasteiger partial charge >= 0.3 is 0 Å². The van der Waals surface area contributed by atoms with Gasteiger partial charge in [0.25, 0.3) is 0 Å². The van der Waals surface area contributed by atoms with Crippen LogP contribution < -0.4 is 10.1 Å². The average Bonchev–Trinajstić information content (AvgIpc) is 2.37. The van der Waals surface area contributed by atoms with Crippen molar-refractivity contribution in [2.24, 2.45) is 0 Å². The Morgan fingerprint density at radius 3 is 2.72 bits per heavy atom. The van der Waals surface area contributed by atoms with Crippen LogP contribution in [-0.4, -0.2) is 16.6 Å². The minimum absolute atomic E-state index is 0.639. The van der Waals surface area contributed by atoms with Gasteiger partial charge in [-0.3, -0.25) is 0 Å². The van der Waals surface area contributed by atoms with E-state index in [0.29, 0.717) is 6.61 Å². The first-order chi connectivity index (χ1) is 8.72. The van der Waals surface area contributed by atoms with Crippen molar-refractivity contribution in [1.82, 2.24) is 9.97 Å². The summed E-state index contributed by atoms with van der Waals surface area (Å²) in [7, 11) is 0. The monoisotopic (exact) mass is 243 g/mol. The van der Waals surface area contributed by atoms with E-state index in [2.05, 4.69) is 15.3 Å². The van der Waals surface area contributed by atoms with E-state index in [0.717, 1.165) is 28.5 Å². The van der Waals surface area contributed by atoms with Gasteiger partial charge in [-0.2, -0.15) is 0 Å². The van der Waals surface area contributed by atoms with Crippen molar-refractivity contribution in [3.63, 3.8) is 0 Å². The van der Waals surface area contributed by atoms with E-state index < -0.39 is 0 Å². The summed E-state index contributed by atoms with van der Waals surface area (Å²) in [5.74, 6) is 1.64. The zero-order chi connectivity index (χ0) is 13.0. The van der Waals surface area contributed by atoms with Gasteiger partial charge in [-0.15, -0.1) is 0 Å². The first-order valence-corrected chi connectivity index (χ1v) is 5.99. The highest BCUT2D eigenvalue weighted by Crippen LogP contribution is 2.27. The SMILES string of the molecule is CCOc1ccccc1Nc1ncnc(C)c1C. The molecule has 0 saturated carbocycles. The molecule has 0 amide bonds. The van der Waals surface area contributed by atoms with Crippen LogP contribution in [-0.2, 0) is 0 Å². The molecule has 4 nitrogen and oxygen atoms in total. The lowest BCUT2D eigenvalue weighted by molar-refractivity contribution is 0.342. The van der Waals surface area contributed by atoms with Crippen LogP contribution >= 0.6 is 0 Å². The smallest absolute Gasteiger partial charge is 0.142 e. The van der Waals surface area contributed by atoms with Crippen LogP contribution in [0.1, 0.15) is 18.2 Å². The topological polar surface area (TPSA) is 47.0 Å². The predicted octanol–water partition coefficient (Wildman–Crippen LogP) is 3.24. The zero-order valence-electron chi connectivity index (χ0n) is 10.9. The van der Waals surface area contributed by atoms with Gasteiger partial charge in [0, 0.05) is 11.3 Å². The van der Waals surface area contributed by atoms with E-state index in [-0.39, 0.29) is 0 Å². The molecule has 18 heavy (non-hydrogen) atoms. The minimum atomic E-state index is 0.639. The number of para-hydroxylation sites is 2. The summed E-state index contributed by atoms with van der Waals surface area (Å²) in [6.45, 7) is 6.58. The highest BCUT2D eigenvalue weighted by atomic mass is 16.5. The molecule has 0 aliphatic heterocycles. The van der Waals surface area contributed by atoms with Crippen LogP contribution in [0.2, 0.25) is 0 Å². The number of anilines is 2. The van der Waals surface area contributed by atoms with Crippen molar-refractivity contribution in [3.05, 3.63) is 41.9 Å². The van der Waals surface area contributed by atoms with E-state index in [1.54, 1.807) is 6.33 Å². The molecular formula is C14H17N3O. The third-order valence-electron chi connectivity index (χ3n) is 2.78. The van der Waals surface area contributed by atoms with Crippen LogP contribution in [0.4, 0.5) is 11.5 Å². The fourth-order valence-corrected chi connectivity index (χ4v) is 1.64. The van der Waals surface area contributed by atoms with Gasteiger partial charge < -0.3 is 10.1 Å². The van der Waals surface area contributed by atoms with Gasteiger partial charge in [-0.05, 0) is 32.9 Å². The molecule has 94 valence electrons. The van der Waals surface area contributed by atoms with Gasteiger partial charge in [-0.1, -0.05) is 12.1 Å². The summed E-state index contributed by atoms with van der Waals surface area (Å²) in [4.78, 5) is 8.42. The fraction of sp³-hybridized carbons (Fsp3) is 0.286. The van der Waals surface area contributed by atoms with Crippen molar-refractivity contribution in [2.75, 3.05) is 11.9 Å². The molecule has 1 aromatic carbocycles. The summed E-state index contributed by atoms with van der Waals surface area (Å²) >= 11 is 0. The number of ether oxygens (including phenoxy) is 1. The normalized spacial score (nSPS) is 10.2. The first kappa shape index (κ1) is 12.4. The molecule has 2 aromatic rings. The number of benzene rings is 1. The van der Waals surface area contributed by atoms with Gasteiger partial charge in [0.05, 0.1) is 12.3 Å². The summed E-state index contributed by atoms with van der Waals surface area (Å²) in [5, 5.41) is 3.29. The minimum Gasteiger partial charge on any atom is -0.492 e. The largest absolute Gasteiger partial charge is 0.492 e. The molecule has 0 spiro atoms. The molecule has 0 aliphatic carbocycles. The fourth-order valence-electron chi connectivity index (χ4n) is 1.64. The molecule has 0 saturated heterocycles. The standard InChI is InChI=1S/C14H17N3O/c1-4-18-13-8-6-5-7-12(13)17-14-10(2)11(3)15-9-16-14/h5-9H,4H2,1-3H3,(H,15,16,17). The van der Waals surface area contributed by atoms with E-state index in [1.165, 1.54) is 0 Å². The number of hydrogen-bond donors (Lipinski definition) is 1. The lowest BCUT2D eigenvalue weighted by Crippen LogP contribution is -2.02. The Morgan fingerprint density at radius 1 is 1.17 bits per heavy atom. The second-order valence-electron chi connectivity index (χ2n) is 3.99. The Morgan fingerprint density at radius 2 is 1.94 bits per heavy atom. The Labute approximate surface area is 107 Å². The molecule has 0 fully saturated rings. The van der Waals surface area contributed by atoms with E-state index in [1.807, 2.05) is 45.0 Å². The number of aromatic nitrogens is 2. The summed E-state index contributed by atoms with van der Waals surface area (Å²) in [6, 6.07) is 7.83. The van der Waals surface area contributed by atoms with Crippen LogP contribution in [0.15, 0.2) is 30.6 Å². The molecule has 1 heterocycles. The molecule has 0 unspecified atom stereocenters. The average molecular weight is 243 g/mol. The molecule has 0 aliphatic rings. The Balaban J connectivity index is 2.31. The number of hydrogen-bond acceptors (Lipinski definition) is 4. The molecular weight excluding hydrogens is 226 g/mol. The number of rotatable bonds is 4. The van der Waals surface area contributed by atoms with Crippen molar-refractivity contribution in [2.45, 2.75) is 20.8 Å². The van der Waals surface area contributed by atoms with Crippen LogP contribution in [0.3, 0.4) is 0 Å². The van der Waals surface area contributed by atoms with Crippen LogP contribution in [0, 0.1) is 13.8 Å². The maximum absolute atomic E-state index is 5.57. The second-order valence-corrected chi connectivity index (χ2v) is 3.99. The van der Waals surface area contributed by atoms with Crippen molar-refractivity contribution in [1.29, 1.82) is 0 Å². The lowest BCUT2D eigenvalue weighted by atomic mass is 10.2. The van der Waals surface area contributed by atoms with Gasteiger partial charge in [-0.25, -0.2) is 9.97 Å². The van der Waals surface area contributed by atoms with E-state index in [4.69, 9.17) is 4.74 Å². The highest BCUT2D eigenvalue weighted by molar-refractivity contribution is 5.65. The molecule has 0 radical (unpaired) electrons. The molecule has 0 bridgehead atoms. The Hall–Kier alpha value is -2.10. The first-order valence-electron chi connectivity index (χ1n) is 5.99. The number of aryl methyl sites for hydroxylation is 1. The number of nitrogens with one attached hydrogen (secondary N) is 1. The van der Waals surface area contributed by atoms with Gasteiger partial charge in [0.2, 0.25) is 0 Å². The highest BCUT2D eigenvalue weighted by Gasteiger charge is 2.07. The van der Waals surface area contributed by atoms with Crippen molar-refractivity contribution >= 4 is 11.5 Å². The maximum Gasteiger partial charge on any atom is 0.142 e. The molecule has 1 aromatic heterocycles. The Kier molecular flexibility index (Phi) is 3.77. The van der Waals surface area contributed by atoms with Gasteiger partial charge in [0.15, 0.2) is 0 Å². The van der Waals surface area contributed by atoms with Gasteiger partial charge in [0.1, 0.15) is 17.9 Å². The lowest BCUT2D eigenvalue weighted by Gasteiger charge is -2.13. The molecule has 4 heteroatoms. The van der Waals surface area contributed by atoms with Crippen LogP contribution in [0.5, 0.6) is 5.75 Å². The molecule has 2 rings (SSSR count). The third kappa shape index (κ3) is 2.59. The molecule has 0 atom stereocenters. The van der Waals surface area contributed by atoms with Crippen molar-refractivity contribution in [3.8, 4) is 5.75 Å². The van der Waals surface area contributed by atoms with E-state index in [9.17, 15) is 0 Å². The van der Waals surface area contributed by atoms with Crippen LogP contribution in [0.25, 0.3) is 0 Å². The predicted molar refractivity (Wildman–Crippen MR) is 72.4 cm³/mol. The summed E-state index contributed by atoms with van der Waals surface area (Å²) in [6.07, 6.45) is 1.56. The summed E-state index contributed by atoms with van der Waals surface area (Å²) < 4.78 is 5.57.